The van der Waals surface area contributed by atoms with Crippen LogP contribution in [0, 0.1) is 12.8 Å². The number of hydrogen-bond acceptors (Lipinski definition) is 3. The first-order valence-corrected chi connectivity index (χ1v) is 8.35. The van der Waals surface area contributed by atoms with E-state index in [2.05, 4.69) is 16.1 Å². The maximum Gasteiger partial charge on any atom is 0.244 e. The molecule has 1 atom stereocenters. The number of aromatic nitrogens is 3. The number of pyridine rings is 1. The van der Waals surface area contributed by atoms with Gasteiger partial charge in [0.2, 0.25) is 5.91 Å². The van der Waals surface area contributed by atoms with Crippen molar-refractivity contribution in [2.24, 2.45) is 5.92 Å². The highest BCUT2D eigenvalue weighted by Gasteiger charge is 2.24. The van der Waals surface area contributed by atoms with Crippen molar-refractivity contribution in [3.8, 4) is 0 Å². The number of aryl methyl sites for hydroxylation is 1. The van der Waals surface area contributed by atoms with Gasteiger partial charge in [0.1, 0.15) is 6.54 Å². The molecule has 1 amide bonds. The minimum atomic E-state index is 0.108. The first-order chi connectivity index (χ1) is 11.1. The molecule has 2 aromatic rings. The van der Waals surface area contributed by atoms with Crippen LogP contribution >= 0.6 is 11.6 Å². The fourth-order valence-electron chi connectivity index (χ4n) is 3.07. The predicted octanol–water partition coefficient (Wildman–Crippen LogP) is 2.72. The Labute approximate surface area is 141 Å². The number of amides is 1. The molecule has 0 bridgehead atoms. The van der Waals surface area contributed by atoms with Gasteiger partial charge < -0.3 is 4.90 Å². The van der Waals surface area contributed by atoms with Crippen LogP contribution in [-0.4, -0.2) is 38.7 Å². The average Bonchev–Trinajstić information content (AvgIpc) is 2.95. The first kappa shape index (κ1) is 16.0. The quantitative estimate of drug-likeness (QED) is 0.865. The standard InChI is InChI=1S/C17H21ClN4O/c1-13-4-5-14(8-19-13)7-15-3-2-6-21(10-15)17(23)12-22-11-16(18)9-20-22/h4-5,8-9,11,15H,2-3,6-7,10,12H2,1H3. The lowest BCUT2D eigenvalue weighted by atomic mass is 9.92. The van der Waals surface area contributed by atoms with Crippen LogP contribution in [0.25, 0.3) is 0 Å². The monoisotopic (exact) mass is 332 g/mol. The molecule has 1 aliphatic heterocycles. The molecule has 0 spiro atoms. The third kappa shape index (κ3) is 4.32. The molecule has 6 heteroatoms. The minimum Gasteiger partial charge on any atom is -0.341 e. The van der Waals surface area contributed by atoms with Gasteiger partial charge in [0.15, 0.2) is 0 Å². The Morgan fingerprint density at radius 3 is 2.96 bits per heavy atom. The summed E-state index contributed by atoms with van der Waals surface area (Å²) < 4.78 is 1.60. The topological polar surface area (TPSA) is 51.0 Å². The van der Waals surface area contributed by atoms with E-state index in [1.165, 1.54) is 5.56 Å². The van der Waals surface area contributed by atoms with E-state index < -0.39 is 0 Å². The minimum absolute atomic E-state index is 0.108. The van der Waals surface area contributed by atoms with Crippen LogP contribution < -0.4 is 0 Å². The van der Waals surface area contributed by atoms with E-state index in [0.29, 0.717) is 10.9 Å². The maximum absolute atomic E-state index is 12.4. The lowest BCUT2D eigenvalue weighted by Crippen LogP contribution is -2.42. The third-order valence-electron chi connectivity index (χ3n) is 4.27. The Morgan fingerprint density at radius 2 is 2.26 bits per heavy atom. The number of halogens is 1. The number of likely N-dealkylation sites (tertiary alicyclic amines) is 1. The predicted molar refractivity (Wildman–Crippen MR) is 89.2 cm³/mol. The van der Waals surface area contributed by atoms with Crippen molar-refractivity contribution < 1.29 is 4.79 Å². The van der Waals surface area contributed by atoms with E-state index in [0.717, 1.165) is 38.0 Å². The van der Waals surface area contributed by atoms with Crippen molar-refractivity contribution in [3.05, 3.63) is 47.0 Å². The Balaban J connectivity index is 1.57. The second-order valence-corrected chi connectivity index (χ2v) is 6.65. The van der Waals surface area contributed by atoms with E-state index in [1.807, 2.05) is 24.1 Å². The molecule has 2 aromatic heterocycles. The zero-order valence-corrected chi connectivity index (χ0v) is 14.0. The number of rotatable bonds is 4. The lowest BCUT2D eigenvalue weighted by Gasteiger charge is -2.33. The zero-order chi connectivity index (χ0) is 16.2. The Morgan fingerprint density at radius 1 is 1.39 bits per heavy atom. The highest BCUT2D eigenvalue weighted by Crippen LogP contribution is 2.21. The molecule has 0 saturated carbocycles. The molecule has 1 fully saturated rings. The van der Waals surface area contributed by atoms with Gasteiger partial charge in [0.25, 0.3) is 0 Å². The molecule has 122 valence electrons. The van der Waals surface area contributed by atoms with Crippen molar-refractivity contribution in [1.82, 2.24) is 19.7 Å². The van der Waals surface area contributed by atoms with E-state index in [4.69, 9.17) is 11.6 Å². The number of hydrogen-bond donors (Lipinski definition) is 0. The van der Waals surface area contributed by atoms with Crippen molar-refractivity contribution in [2.45, 2.75) is 32.7 Å². The van der Waals surface area contributed by atoms with Crippen LogP contribution in [0.1, 0.15) is 24.1 Å². The van der Waals surface area contributed by atoms with Crippen molar-refractivity contribution in [1.29, 1.82) is 0 Å². The molecule has 0 radical (unpaired) electrons. The smallest absolute Gasteiger partial charge is 0.244 e. The summed E-state index contributed by atoms with van der Waals surface area (Å²) >= 11 is 5.84. The molecule has 1 saturated heterocycles. The van der Waals surface area contributed by atoms with Crippen LogP contribution in [0.15, 0.2) is 30.7 Å². The number of nitrogens with zero attached hydrogens (tertiary/aromatic N) is 4. The van der Waals surface area contributed by atoms with E-state index >= 15 is 0 Å². The Bertz CT molecular complexity index is 667. The van der Waals surface area contributed by atoms with Crippen LogP contribution in [0.3, 0.4) is 0 Å². The second kappa shape index (κ2) is 7.13. The summed E-state index contributed by atoms with van der Waals surface area (Å²) in [6, 6.07) is 4.18. The lowest BCUT2D eigenvalue weighted by molar-refractivity contribution is -0.133. The molecule has 0 aliphatic carbocycles. The van der Waals surface area contributed by atoms with Crippen molar-refractivity contribution >= 4 is 17.5 Å². The molecular formula is C17H21ClN4O. The summed E-state index contributed by atoms with van der Waals surface area (Å²) in [6.45, 7) is 3.88. The molecular weight excluding hydrogens is 312 g/mol. The average molecular weight is 333 g/mol. The van der Waals surface area contributed by atoms with E-state index in [-0.39, 0.29) is 12.5 Å². The summed E-state index contributed by atoms with van der Waals surface area (Å²) in [4.78, 5) is 18.7. The first-order valence-electron chi connectivity index (χ1n) is 7.97. The number of piperidine rings is 1. The number of carbonyl (C=O) groups is 1. The molecule has 3 rings (SSSR count). The largest absolute Gasteiger partial charge is 0.341 e. The van der Waals surface area contributed by atoms with Gasteiger partial charge in [-0.1, -0.05) is 17.7 Å². The van der Waals surface area contributed by atoms with Gasteiger partial charge in [0.05, 0.1) is 11.2 Å². The van der Waals surface area contributed by atoms with Crippen LogP contribution in [-0.2, 0) is 17.8 Å². The third-order valence-corrected chi connectivity index (χ3v) is 4.46. The molecule has 0 aromatic carbocycles. The fraction of sp³-hybridized carbons (Fsp3) is 0.471. The summed E-state index contributed by atoms with van der Waals surface area (Å²) in [7, 11) is 0. The zero-order valence-electron chi connectivity index (χ0n) is 13.3. The highest BCUT2D eigenvalue weighted by atomic mass is 35.5. The van der Waals surface area contributed by atoms with Crippen molar-refractivity contribution in [2.75, 3.05) is 13.1 Å². The van der Waals surface area contributed by atoms with Gasteiger partial charge in [-0.3, -0.25) is 14.5 Å². The summed E-state index contributed by atoms with van der Waals surface area (Å²) in [5.74, 6) is 0.606. The van der Waals surface area contributed by atoms with Crippen molar-refractivity contribution in [3.63, 3.8) is 0 Å². The molecule has 1 unspecified atom stereocenters. The van der Waals surface area contributed by atoms with E-state index in [9.17, 15) is 4.79 Å². The summed E-state index contributed by atoms with van der Waals surface area (Å²) in [6.07, 6.45) is 8.37. The van der Waals surface area contributed by atoms with Gasteiger partial charge in [0, 0.05) is 31.2 Å². The summed E-state index contributed by atoms with van der Waals surface area (Å²) in [5.41, 5.74) is 2.28. The molecule has 5 nitrogen and oxygen atoms in total. The van der Waals surface area contributed by atoms with Gasteiger partial charge in [-0.2, -0.15) is 5.10 Å². The van der Waals surface area contributed by atoms with Crippen LogP contribution in [0.4, 0.5) is 0 Å². The van der Waals surface area contributed by atoms with Crippen LogP contribution in [0.5, 0.6) is 0 Å². The molecule has 1 aliphatic rings. The summed E-state index contributed by atoms with van der Waals surface area (Å²) in [5, 5.41) is 4.63. The second-order valence-electron chi connectivity index (χ2n) is 6.22. The normalized spacial score (nSPS) is 18.2. The van der Waals surface area contributed by atoms with Gasteiger partial charge in [-0.25, -0.2) is 0 Å². The number of carbonyl (C=O) groups excluding carboxylic acids is 1. The van der Waals surface area contributed by atoms with Crippen LogP contribution in [0.2, 0.25) is 5.02 Å². The highest BCUT2D eigenvalue weighted by molar-refractivity contribution is 6.30. The van der Waals surface area contributed by atoms with Gasteiger partial charge in [-0.05, 0) is 43.7 Å². The van der Waals surface area contributed by atoms with Gasteiger partial charge >= 0.3 is 0 Å². The molecule has 3 heterocycles. The SMILES string of the molecule is Cc1ccc(CC2CCCN(C(=O)Cn3cc(Cl)cn3)C2)cn1. The molecule has 0 N–H and O–H groups in total. The maximum atomic E-state index is 12.4. The molecule has 23 heavy (non-hydrogen) atoms. The van der Waals surface area contributed by atoms with E-state index in [1.54, 1.807) is 17.1 Å². The fourth-order valence-corrected chi connectivity index (χ4v) is 3.23. The Kier molecular flexibility index (Phi) is 4.96. The Hall–Kier alpha value is -1.88. The van der Waals surface area contributed by atoms with Gasteiger partial charge in [-0.15, -0.1) is 0 Å².